The monoisotopic (exact) mass is 481 g/mol. The maximum Gasteiger partial charge on any atom is 0.248 e. The second-order valence-electron chi connectivity index (χ2n) is 10.00. The molecule has 188 valence electrons. The van der Waals surface area contributed by atoms with Crippen LogP contribution >= 0.6 is 0 Å². The lowest BCUT2D eigenvalue weighted by Gasteiger charge is -2.32. The summed E-state index contributed by atoms with van der Waals surface area (Å²) in [6.45, 7) is 6.08. The van der Waals surface area contributed by atoms with Crippen LogP contribution in [-0.4, -0.2) is 56.7 Å². The van der Waals surface area contributed by atoms with Gasteiger partial charge in [-0.15, -0.1) is 0 Å². The Morgan fingerprint density at radius 3 is 2.54 bits per heavy atom. The number of nitrogens with one attached hydrogen (secondary N) is 1. The van der Waals surface area contributed by atoms with Crippen molar-refractivity contribution in [2.24, 2.45) is 10.9 Å². The number of amides is 1. The lowest BCUT2D eigenvalue weighted by molar-refractivity contribution is -0.130. The summed E-state index contributed by atoms with van der Waals surface area (Å²) in [5.41, 5.74) is 8.96. The number of aliphatic hydroxyl groups excluding tert-OH is 2. The number of benzene rings is 1. The third kappa shape index (κ3) is 5.62. The van der Waals surface area contributed by atoms with Gasteiger partial charge in [0.1, 0.15) is 17.5 Å². The van der Waals surface area contributed by atoms with E-state index >= 15 is 0 Å². The first-order valence-electron chi connectivity index (χ1n) is 12.3. The fourth-order valence-electron chi connectivity index (χ4n) is 4.92. The van der Waals surface area contributed by atoms with Gasteiger partial charge in [-0.2, -0.15) is 4.98 Å². The van der Waals surface area contributed by atoms with Crippen LogP contribution in [0.3, 0.4) is 0 Å². The van der Waals surface area contributed by atoms with Gasteiger partial charge in [0, 0.05) is 25.1 Å². The van der Waals surface area contributed by atoms with E-state index in [-0.39, 0.29) is 13.0 Å². The van der Waals surface area contributed by atoms with Gasteiger partial charge in [-0.05, 0) is 63.9 Å². The Hall–Kier alpha value is -3.04. The van der Waals surface area contributed by atoms with E-state index in [1.165, 1.54) is 5.56 Å². The van der Waals surface area contributed by atoms with Crippen LogP contribution in [0.1, 0.15) is 68.8 Å². The maximum absolute atomic E-state index is 11.9. The standard InChI is InChI=1S/C26H35N5O4/c1-15-29-23(27)21-25(30-15)35-26(2,3)22(31-21)19-10-8-18(9-11-19)17-6-4-16(5-7-17)14-28-24(34)20(33)12-13-32/h8-11,16-17,20,32-33H,4-7,12-14H2,1-3H3,(H,28,34)(H2,27,29,30). The van der Waals surface area contributed by atoms with Crippen molar-refractivity contribution < 1.29 is 19.7 Å². The number of aliphatic imine (C=N–C) groups is 1. The largest absolute Gasteiger partial charge is 0.463 e. The second-order valence-corrected chi connectivity index (χ2v) is 10.00. The maximum atomic E-state index is 11.9. The van der Waals surface area contributed by atoms with E-state index < -0.39 is 17.6 Å². The molecule has 5 N–H and O–H groups in total. The Morgan fingerprint density at radius 1 is 1.20 bits per heavy atom. The van der Waals surface area contributed by atoms with Crippen molar-refractivity contribution in [1.82, 2.24) is 15.3 Å². The number of hydrogen-bond acceptors (Lipinski definition) is 8. The molecule has 1 atom stereocenters. The fraction of sp³-hybridized carbons (Fsp3) is 0.538. The van der Waals surface area contributed by atoms with Crippen molar-refractivity contribution in [3.63, 3.8) is 0 Å². The van der Waals surface area contributed by atoms with Crippen molar-refractivity contribution >= 4 is 23.1 Å². The molecule has 2 aromatic rings. The van der Waals surface area contributed by atoms with E-state index in [2.05, 4.69) is 39.6 Å². The van der Waals surface area contributed by atoms with Gasteiger partial charge < -0.3 is 26.0 Å². The summed E-state index contributed by atoms with van der Waals surface area (Å²) in [6, 6.07) is 8.50. The number of ether oxygens (including phenoxy) is 1. The third-order valence-corrected chi connectivity index (χ3v) is 6.91. The number of nitrogens with zero attached hydrogens (tertiary/aromatic N) is 3. The quantitative estimate of drug-likeness (QED) is 0.476. The van der Waals surface area contributed by atoms with Gasteiger partial charge in [0.25, 0.3) is 0 Å². The number of aromatic nitrogens is 2. The minimum atomic E-state index is -1.14. The Bertz CT molecular complexity index is 1090. The summed E-state index contributed by atoms with van der Waals surface area (Å²) in [5.74, 6) is 1.75. The number of rotatable bonds is 7. The highest BCUT2D eigenvalue weighted by Gasteiger charge is 2.35. The van der Waals surface area contributed by atoms with Crippen LogP contribution in [0.5, 0.6) is 5.88 Å². The third-order valence-electron chi connectivity index (χ3n) is 6.91. The number of aliphatic hydroxyl groups is 2. The number of fused-ring (bicyclic) bond motifs is 1. The molecule has 9 heteroatoms. The van der Waals surface area contributed by atoms with Gasteiger partial charge in [-0.3, -0.25) is 4.79 Å². The number of nitrogen functional groups attached to an aromatic ring is 1. The zero-order chi connectivity index (χ0) is 25.2. The summed E-state index contributed by atoms with van der Waals surface area (Å²) < 4.78 is 6.15. The Balaban J connectivity index is 1.39. The smallest absolute Gasteiger partial charge is 0.248 e. The Labute approximate surface area is 205 Å². The fourth-order valence-corrected chi connectivity index (χ4v) is 4.92. The van der Waals surface area contributed by atoms with Crippen LogP contribution < -0.4 is 15.8 Å². The molecular formula is C26H35N5O4. The molecular weight excluding hydrogens is 446 g/mol. The predicted octanol–water partition coefficient (Wildman–Crippen LogP) is 2.79. The number of aryl methyl sites for hydroxylation is 1. The van der Waals surface area contributed by atoms with E-state index in [9.17, 15) is 9.90 Å². The molecule has 1 aliphatic heterocycles. The van der Waals surface area contributed by atoms with E-state index in [0.717, 1.165) is 37.0 Å². The zero-order valence-electron chi connectivity index (χ0n) is 20.6. The van der Waals surface area contributed by atoms with E-state index in [1.807, 2.05) is 13.8 Å². The lowest BCUT2D eigenvalue weighted by atomic mass is 9.78. The number of carbonyl (C=O) groups is 1. The molecule has 2 aliphatic rings. The molecule has 0 radical (unpaired) electrons. The van der Waals surface area contributed by atoms with Gasteiger partial charge in [-0.1, -0.05) is 24.3 Å². The molecule has 9 nitrogen and oxygen atoms in total. The average Bonchev–Trinajstić information content (AvgIpc) is 2.82. The predicted molar refractivity (Wildman–Crippen MR) is 134 cm³/mol. The summed E-state index contributed by atoms with van der Waals surface area (Å²) in [6.07, 6.45) is 3.07. The number of nitrogens with two attached hydrogens (primary N) is 1. The summed E-state index contributed by atoms with van der Waals surface area (Å²) in [7, 11) is 0. The van der Waals surface area contributed by atoms with Gasteiger partial charge in [0.2, 0.25) is 11.8 Å². The first kappa shape index (κ1) is 25.1. The molecule has 1 saturated carbocycles. The molecule has 0 bridgehead atoms. The summed E-state index contributed by atoms with van der Waals surface area (Å²) >= 11 is 0. The highest BCUT2D eigenvalue weighted by Crippen LogP contribution is 2.40. The molecule has 1 aromatic carbocycles. The molecule has 1 aromatic heterocycles. The van der Waals surface area contributed by atoms with Gasteiger partial charge >= 0.3 is 0 Å². The number of anilines is 1. The highest BCUT2D eigenvalue weighted by molar-refractivity contribution is 6.09. The van der Waals surface area contributed by atoms with Crippen molar-refractivity contribution in [1.29, 1.82) is 0 Å². The van der Waals surface area contributed by atoms with Crippen LogP contribution in [0.2, 0.25) is 0 Å². The summed E-state index contributed by atoms with van der Waals surface area (Å²) in [5, 5.41) is 21.3. The first-order chi connectivity index (χ1) is 16.7. The molecule has 1 unspecified atom stereocenters. The molecule has 0 saturated heterocycles. The van der Waals surface area contributed by atoms with Crippen molar-refractivity contribution in [3.05, 3.63) is 41.2 Å². The van der Waals surface area contributed by atoms with Crippen LogP contribution in [-0.2, 0) is 4.79 Å². The van der Waals surface area contributed by atoms with Crippen LogP contribution in [0.15, 0.2) is 29.3 Å². The topological polar surface area (TPSA) is 143 Å². The van der Waals surface area contributed by atoms with E-state index in [0.29, 0.717) is 41.6 Å². The molecule has 1 fully saturated rings. The number of hydrogen-bond donors (Lipinski definition) is 4. The molecule has 2 heterocycles. The van der Waals surface area contributed by atoms with Crippen molar-refractivity contribution in [3.8, 4) is 5.88 Å². The van der Waals surface area contributed by atoms with Crippen LogP contribution in [0.4, 0.5) is 11.5 Å². The summed E-state index contributed by atoms with van der Waals surface area (Å²) in [4.78, 5) is 25.2. The number of carbonyl (C=O) groups excluding carboxylic acids is 1. The average molecular weight is 482 g/mol. The normalized spacial score (nSPS) is 21.9. The van der Waals surface area contributed by atoms with Crippen LogP contribution in [0, 0.1) is 12.8 Å². The Kier molecular flexibility index (Phi) is 7.37. The molecule has 1 amide bonds. The second kappa shape index (κ2) is 10.3. The first-order valence-corrected chi connectivity index (χ1v) is 12.3. The van der Waals surface area contributed by atoms with Crippen molar-refractivity contribution in [2.75, 3.05) is 18.9 Å². The molecule has 4 rings (SSSR count). The highest BCUT2D eigenvalue weighted by atomic mass is 16.5. The van der Waals surface area contributed by atoms with Crippen molar-refractivity contribution in [2.45, 2.75) is 70.5 Å². The molecule has 35 heavy (non-hydrogen) atoms. The van der Waals surface area contributed by atoms with Gasteiger partial charge in [0.05, 0.1) is 5.71 Å². The van der Waals surface area contributed by atoms with Gasteiger partial charge in [-0.25, -0.2) is 9.98 Å². The lowest BCUT2D eigenvalue weighted by Crippen LogP contribution is -2.41. The minimum Gasteiger partial charge on any atom is -0.463 e. The molecule has 0 spiro atoms. The Morgan fingerprint density at radius 2 is 1.89 bits per heavy atom. The van der Waals surface area contributed by atoms with E-state index in [1.54, 1.807) is 6.92 Å². The van der Waals surface area contributed by atoms with E-state index in [4.69, 9.17) is 20.6 Å². The zero-order valence-corrected chi connectivity index (χ0v) is 20.6. The minimum absolute atomic E-state index is 0.0671. The molecule has 1 aliphatic carbocycles. The van der Waals surface area contributed by atoms with Gasteiger partial charge in [0.15, 0.2) is 11.5 Å². The van der Waals surface area contributed by atoms with Crippen LogP contribution in [0.25, 0.3) is 0 Å². The SMILES string of the molecule is Cc1nc(N)c2c(n1)OC(C)(C)C(c1ccc(C3CCC(CNC(=O)C(O)CCO)CC3)cc1)=N2.